The number of nitrogens with one attached hydrogen (secondary N) is 1. The topological polar surface area (TPSA) is 75.4 Å². The summed E-state index contributed by atoms with van der Waals surface area (Å²) in [4.78, 5) is 25.1. The second-order valence-corrected chi connectivity index (χ2v) is 4.93. The first-order valence-corrected chi connectivity index (χ1v) is 6.26. The van der Waals surface area contributed by atoms with Gasteiger partial charge in [0.05, 0.1) is 10.6 Å². The van der Waals surface area contributed by atoms with Gasteiger partial charge < -0.3 is 16.0 Å². The van der Waals surface area contributed by atoms with Gasteiger partial charge in [-0.3, -0.25) is 9.59 Å². The first kappa shape index (κ1) is 18.7. The molecule has 0 radical (unpaired) electrons. The molecule has 0 bridgehead atoms. The summed E-state index contributed by atoms with van der Waals surface area (Å²) in [5, 5.41) is 3.06. The Hall–Kier alpha value is -1.30. The van der Waals surface area contributed by atoms with Crippen molar-refractivity contribution in [3.8, 4) is 0 Å². The fourth-order valence-electron chi connectivity index (χ4n) is 1.38. The molecule has 0 saturated carbocycles. The highest BCUT2D eigenvalue weighted by Gasteiger charge is 2.15. The molecule has 0 aliphatic rings. The summed E-state index contributed by atoms with van der Waals surface area (Å²) in [6.07, 6.45) is 0. The number of halogens is 2. The Labute approximate surface area is 129 Å². The molecule has 0 aromatic heterocycles. The fraction of sp³-hybridized carbons (Fsp3) is 0.385. The van der Waals surface area contributed by atoms with E-state index in [4.69, 9.17) is 17.3 Å². The van der Waals surface area contributed by atoms with Crippen molar-refractivity contribution in [2.45, 2.75) is 6.92 Å². The van der Waals surface area contributed by atoms with E-state index in [2.05, 4.69) is 5.32 Å². The van der Waals surface area contributed by atoms with Gasteiger partial charge in [-0.1, -0.05) is 18.5 Å². The van der Waals surface area contributed by atoms with Gasteiger partial charge in [-0.25, -0.2) is 0 Å². The molecule has 1 atom stereocenters. The van der Waals surface area contributed by atoms with E-state index >= 15 is 0 Å². The van der Waals surface area contributed by atoms with Gasteiger partial charge in [0.2, 0.25) is 5.91 Å². The zero-order valence-corrected chi connectivity index (χ0v) is 13.2. The number of nitrogens with two attached hydrogens (primary N) is 1. The monoisotopic (exact) mass is 319 g/mol. The highest BCUT2D eigenvalue weighted by Crippen LogP contribution is 2.22. The number of anilines is 1. The fourth-order valence-corrected chi connectivity index (χ4v) is 1.58. The van der Waals surface area contributed by atoms with Crippen molar-refractivity contribution in [2.24, 2.45) is 11.7 Å². The number of benzene rings is 1. The van der Waals surface area contributed by atoms with Crippen LogP contribution in [0.5, 0.6) is 0 Å². The average Bonchev–Trinajstić information content (AvgIpc) is 2.38. The Morgan fingerprint density at radius 3 is 2.50 bits per heavy atom. The molecule has 0 fully saturated rings. The smallest absolute Gasteiger partial charge is 0.254 e. The lowest BCUT2D eigenvalue weighted by Gasteiger charge is -2.14. The number of rotatable bonds is 4. The maximum absolute atomic E-state index is 11.9. The lowest BCUT2D eigenvalue weighted by Crippen LogP contribution is -2.27. The number of amides is 2. The second-order valence-electron chi connectivity index (χ2n) is 4.52. The molecule has 2 amide bonds. The van der Waals surface area contributed by atoms with Gasteiger partial charge >= 0.3 is 0 Å². The normalized spacial score (nSPS) is 11.2. The molecule has 112 valence electrons. The van der Waals surface area contributed by atoms with Crippen molar-refractivity contribution in [3.63, 3.8) is 0 Å². The molecule has 1 rings (SSSR count). The van der Waals surface area contributed by atoms with Crippen LogP contribution in [0.25, 0.3) is 0 Å². The minimum Gasteiger partial charge on any atom is -0.345 e. The van der Waals surface area contributed by atoms with Crippen molar-refractivity contribution in [3.05, 3.63) is 28.8 Å². The molecule has 1 aromatic carbocycles. The van der Waals surface area contributed by atoms with Crippen LogP contribution >= 0.6 is 24.0 Å². The first-order valence-electron chi connectivity index (χ1n) is 5.89. The van der Waals surface area contributed by atoms with Crippen LogP contribution in [-0.4, -0.2) is 37.4 Å². The molecule has 3 N–H and O–H groups in total. The number of hydrogen-bond acceptors (Lipinski definition) is 3. The van der Waals surface area contributed by atoms with Gasteiger partial charge in [0.15, 0.2) is 0 Å². The molecular formula is C13H19Cl2N3O2. The van der Waals surface area contributed by atoms with Crippen molar-refractivity contribution < 1.29 is 9.59 Å². The Kier molecular flexibility index (Phi) is 7.57. The van der Waals surface area contributed by atoms with E-state index in [-0.39, 0.29) is 36.7 Å². The van der Waals surface area contributed by atoms with Gasteiger partial charge in [0, 0.05) is 32.2 Å². The summed E-state index contributed by atoms with van der Waals surface area (Å²) < 4.78 is 0. The van der Waals surface area contributed by atoms with Crippen molar-refractivity contribution >= 4 is 41.5 Å². The maximum atomic E-state index is 11.9. The zero-order valence-electron chi connectivity index (χ0n) is 11.6. The van der Waals surface area contributed by atoms with Crippen molar-refractivity contribution in [2.75, 3.05) is 26.0 Å². The summed E-state index contributed by atoms with van der Waals surface area (Å²) in [6, 6.07) is 4.79. The molecule has 0 aliphatic carbocycles. The van der Waals surface area contributed by atoms with E-state index in [1.807, 2.05) is 0 Å². The summed E-state index contributed by atoms with van der Waals surface area (Å²) in [5.41, 5.74) is 6.31. The largest absolute Gasteiger partial charge is 0.345 e. The molecule has 5 nitrogen and oxygen atoms in total. The third-order valence-corrected chi connectivity index (χ3v) is 3.00. The van der Waals surface area contributed by atoms with Gasteiger partial charge in [0.25, 0.3) is 5.91 Å². The van der Waals surface area contributed by atoms with E-state index in [1.54, 1.807) is 39.2 Å². The van der Waals surface area contributed by atoms with Crippen LogP contribution in [0.15, 0.2) is 18.2 Å². The molecule has 0 heterocycles. The zero-order chi connectivity index (χ0) is 14.6. The summed E-state index contributed by atoms with van der Waals surface area (Å²) >= 11 is 5.98. The van der Waals surface area contributed by atoms with Crippen LogP contribution in [-0.2, 0) is 4.79 Å². The number of carbonyl (C=O) groups excluding carboxylic acids is 2. The molecule has 20 heavy (non-hydrogen) atoms. The summed E-state index contributed by atoms with van der Waals surface area (Å²) in [6.45, 7) is 2.00. The van der Waals surface area contributed by atoms with Gasteiger partial charge in [-0.15, -0.1) is 12.4 Å². The second kappa shape index (κ2) is 8.09. The summed E-state index contributed by atoms with van der Waals surface area (Å²) in [7, 11) is 3.28. The van der Waals surface area contributed by atoms with Crippen LogP contribution in [0.3, 0.4) is 0 Å². The van der Waals surface area contributed by atoms with E-state index in [1.165, 1.54) is 4.90 Å². The Bertz CT molecular complexity index is 493. The molecule has 1 aromatic rings. The lowest BCUT2D eigenvalue weighted by molar-refractivity contribution is -0.119. The van der Waals surface area contributed by atoms with Gasteiger partial charge in [-0.2, -0.15) is 0 Å². The minimum absolute atomic E-state index is 0. The van der Waals surface area contributed by atoms with Crippen molar-refractivity contribution in [1.82, 2.24) is 4.90 Å². The molecule has 0 saturated heterocycles. The Balaban J connectivity index is 0.00000361. The quantitative estimate of drug-likeness (QED) is 0.891. The van der Waals surface area contributed by atoms with E-state index in [9.17, 15) is 9.59 Å². The first-order chi connectivity index (χ1) is 8.86. The van der Waals surface area contributed by atoms with Gasteiger partial charge in [-0.05, 0) is 18.2 Å². The standard InChI is InChI=1S/C13H18ClN3O2.ClH/c1-8(7-15)12(18)16-9-4-5-11(14)10(6-9)13(19)17(2)3;/h4-6,8H,7,15H2,1-3H3,(H,16,18);1H. The SMILES string of the molecule is CC(CN)C(=O)Nc1ccc(Cl)c(C(=O)N(C)C)c1.Cl. The van der Waals surface area contributed by atoms with Crippen molar-refractivity contribution in [1.29, 1.82) is 0 Å². The van der Waals surface area contributed by atoms with Crippen LogP contribution in [0.4, 0.5) is 5.69 Å². The highest BCUT2D eigenvalue weighted by molar-refractivity contribution is 6.34. The Morgan fingerprint density at radius 1 is 1.40 bits per heavy atom. The average molecular weight is 320 g/mol. The molecule has 7 heteroatoms. The maximum Gasteiger partial charge on any atom is 0.254 e. The van der Waals surface area contributed by atoms with E-state index in [0.29, 0.717) is 16.3 Å². The predicted molar refractivity (Wildman–Crippen MR) is 83.6 cm³/mol. The number of hydrogen-bond donors (Lipinski definition) is 2. The molecular weight excluding hydrogens is 301 g/mol. The highest BCUT2D eigenvalue weighted by atomic mass is 35.5. The van der Waals surface area contributed by atoms with E-state index in [0.717, 1.165) is 0 Å². The van der Waals surface area contributed by atoms with Crippen LogP contribution < -0.4 is 11.1 Å². The minimum atomic E-state index is -0.288. The van der Waals surface area contributed by atoms with Gasteiger partial charge in [0.1, 0.15) is 0 Å². The van der Waals surface area contributed by atoms with E-state index < -0.39 is 0 Å². The Morgan fingerprint density at radius 2 is 2.00 bits per heavy atom. The lowest BCUT2D eigenvalue weighted by atomic mass is 10.1. The third kappa shape index (κ3) is 4.67. The number of carbonyl (C=O) groups is 2. The summed E-state index contributed by atoms with van der Waals surface area (Å²) in [5.74, 6) is -0.690. The van der Waals surface area contributed by atoms with Crippen LogP contribution in [0.2, 0.25) is 5.02 Å². The number of nitrogens with zero attached hydrogens (tertiary/aromatic N) is 1. The van der Waals surface area contributed by atoms with Crippen LogP contribution in [0.1, 0.15) is 17.3 Å². The molecule has 0 spiro atoms. The third-order valence-electron chi connectivity index (χ3n) is 2.67. The van der Waals surface area contributed by atoms with Crippen LogP contribution in [0, 0.1) is 5.92 Å². The predicted octanol–water partition coefficient (Wildman–Crippen LogP) is 2.00. The molecule has 0 aliphatic heterocycles. The molecule has 1 unspecified atom stereocenters.